The van der Waals surface area contributed by atoms with Crippen LogP contribution in [0.5, 0.6) is 5.75 Å². The Kier molecular flexibility index (Phi) is 6.12. The van der Waals surface area contributed by atoms with Gasteiger partial charge in [-0.1, -0.05) is 47.3 Å². The zero-order chi connectivity index (χ0) is 22.5. The molecule has 3 heterocycles. The normalized spacial score (nSPS) is 10.9. The number of para-hydroxylation sites is 2. The molecule has 0 aliphatic rings. The fourth-order valence-electron chi connectivity index (χ4n) is 3.34. The number of nitrogens with zero attached hydrogens (tertiary/aromatic N) is 6. The predicted molar refractivity (Wildman–Crippen MR) is 125 cm³/mol. The summed E-state index contributed by atoms with van der Waals surface area (Å²) in [6.45, 7) is 2.50. The molecule has 0 aliphatic heterocycles. The van der Waals surface area contributed by atoms with Gasteiger partial charge in [-0.05, 0) is 43.3 Å². The molecule has 0 atom stereocenters. The van der Waals surface area contributed by atoms with Gasteiger partial charge >= 0.3 is 0 Å². The van der Waals surface area contributed by atoms with Crippen molar-refractivity contribution in [3.8, 4) is 34.2 Å². The lowest BCUT2D eigenvalue weighted by molar-refractivity contribution is 0.341. The van der Waals surface area contributed by atoms with Crippen LogP contribution >= 0.6 is 11.8 Å². The lowest BCUT2D eigenvalue weighted by Crippen LogP contribution is -1.99. The zero-order valence-electron chi connectivity index (χ0n) is 17.8. The van der Waals surface area contributed by atoms with Gasteiger partial charge in [-0.2, -0.15) is 4.98 Å². The Hall–Kier alpha value is -3.98. The molecule has 0 bridgehead atoms. The average Bonchev–Trinajstić information content (AvgIpc) is 3.52. The highest BCUT2D eigenvalue weighted by Crippen LogP contribution is 2.31. The van der Waals surface area contributed by atoms with E-state index in [-0.39, 0.29) is 0 Å². The van der Waals surface area contributed by atoms with Crippen molar-refractivity contribution >= 4 is 11.8 Å². The van der Waals surface area contributed by atoms with E-state index < -0.39 is 0 Å². The highest BCUT2D eigenvalue weighted by Gasteiger charge is 2.18. The smallest absolute Gasteiger partial charge is 0.237 e. The van der Waals surface area contributed by atoms with Crippen molar-refractivity contribution in [1.82, 2.24) is 29.9 Å². The van der Waals surface area contributed by atoms with Crippen LogP contribution in [0.1, 0.15) is 12.8 Å². The summed E-state index contributed by atoms with van der Waals surface area (Å²) in [5.41, 5.74) is 2.70. The molecule has 5 rings (SSSR count). The second kappa shape index (κ2) is 9.66. The van der Waals surface area contributed by atoms with Crippen LogP contribution in [-0.4, -0.2) is 36.5 Å². The molecule has 3 aromatic heterocycles. The number of hydrogen-bond donors (Lipinski definition) is 0. The van der Waals surface area contributed by atoms with Gasteiger partial charge in [-0.15, -0.1) is 10.2 Å². The standard InChI is InChI=1S/C24H20N6O2S/c1-2-31-20-11-7-6-10-19(20)22-26-21(32-29-22)16-33-24-28-27-23(17-12-14-25-15-13-17)30(24)18-8-4-3-5-9-18/h3-15H,2,16H2,1H3. The first-order chi connectivity index (χ1) is 16.3. The summed E-state index contributed by atoms with van der Waals surface area (Å²) in [5, 5.41) is 13.7. The molecule has 164 valence electrons. The number of pyridine rings is 1. The van der Waals surface area contributed by atoms with Gasteiger partial charge in [-0.3, -0.25) is 9.55 Å². The quantitative estimate of drug-likeness (QED) is 0.299. The van der Waals surface area contributed by atoms with Crippen molar-refractivity contribution in [2.45, 2.75) is 17.8 Å². The van der Waals surface area contributed by atoms with E-state index in [0.717, 1.165) is 33.5 Å². The first-order valence-electron chi connectivity index (χ1n) is 10.4. The lowest BCUT2D eigenvalue weighted by Gasteiger charge is -2.09. The molecule has 2 aromatic carbocycles. The number of thioether (sulfide) groups is 1. The van der Waals surface area contributed by atoms with Gasteiger partial charge in [0.25, 0.3) is 0 Å². The molecule has 0 N–H and O–H groups in total. The van der Waals surface area contributed by atoms with E-state index in [0.29, 0.717) is 24.1 Å². The van der Waals surface area contributed by atoms with Gasteiger partial charge in [0, 0.05) is 23.6 Å². The molecule has 0 saturated carbocycles. The van der Waals surface area contributed by atoms with Crippen molar-refractivity contribution in [2.75, 3.05) is 6.61 Å². The first-order valence-corrected chi connectivity index (χ1v) is 11.4. The van der Waals surface area contributed by atoms with Crippen LogP contribution in [0.25, 0.3) is 28.5 Å². The summed E-state index contributed by atoms with van der Waals surface area (Å²) < 4.78 is 13.2. The van der Waals surface area contributed by atoms with Crippen molar-refractivity contribution in [1.29, 1.82) is 0 Å². The summed E-state index contributed by atoms with van der Waals surface area (Å²) in [4.78, 5) is 8.66. The second-order valence-electron chi connectivity index (χ2n) is 6.94. The Labute approximate surface area is 194 Å². The molecular formula is C24H20N6O2S. The monoisotopic (exact) mass is 456 g/mol. The predicted octanol–water partition coefficient (Wildman–Crippen LogP) is 5.07. The summed E-state index contributed by atoms with van der Waals surface area (Å²) in [6.07, 6.45) is 3.48. The van der Waals surface area contributed by atoms with Crippen LogP contribution in [0.4, 0.5) is 0 Å². The molecule has 0 radical (unpaired) electrons. The minimum Gasteiger partial charge on any atom is -0.493 e. The van der Waals surface area contributed by atoms with Crippen LogP contribution in [0.2, 0.25) is 0 Å². The number of ether oxygens (including phenoxy) is 1. The Morgan fingerprint density at radius 3 is 2.55 bits per heavy atom. The van der Waals surface area contributed by atoms with E-state index in [1.165, 1.54) is 11.8 Å². The van der Waals surface area contributed by atoms with E-state index in [9.17, 15) is 0 Å². The third-order valence-electron chi connectivity index (χ3n) is 4.81. The molecule has 0 unspecified atom stereocenters. The molecule has 5 aromatic rings. The van der Waals surface area contributed by atoms with Gasteiger partial charge in [0.2, 0.25) is 11.7 Å². The number of rotatable bonds is 8. The minimum absolute atomic E-state index is 0.450. The van der Waals surface area contributed by atoms with E-state index in [1.807, 2.05) is 78.2 Å². The van der Waals surface area contributed by atoms with E-state index in [4.69, 9.17) is 9.26 Å². The maximum Gasteiger partial charge on any atom is 0.237 e. The van der Waals surface area contributed by atoms with Crippen molar-refractivity contribution < 1.29 is 9.26 Å². The molecule has 9 heteroatoms. The van der Waals surface area contributed by atoms with Gasteiger partial charge in [0.1, 0.15) is 5.75 Å². The molecule has 0 spiro atoms. The number of aromatic nitrogens is 6. The van der Waals surface area contributed by atoms with E-state index >= 15 is 0 Å². The van der Waals surface area contributed by atoms with E-state index in [2.05, 4.69) is 25.3 Å². The molecule has 33 heavy (non-hydrogen) atoms. The molecule has 0 fully saturated rings. The minimum atomic E-state index is 0.450. The van der Waals surface area contributed by atoms with Crippen molar-refractivity contribution in [2.24, 2.45) is 0 Å². The van der Waals surface area contributed by atoms with Crippen LogP contribution in [0.3, 0.4) is 0 Å². The topological polar surface area (TPSA) is 91.8 Å². The van der Waals surface area contributed by atoms with Crippen LogP contribution in [-0.2, 0) is 5.75 Å². The van der Waals surface area contributed by atoms with Gasteiger partial charge in [0.05, 0.1) is 17.9 Å². The second-order valence-corrected chi connectivity index (χ2v) is 7.89. The summed E-state index contributed by atoms with van der Waals surface area (Å²) in [6, 6.07) is 21.5. The Bertz CT molecular complexity index is 1340. The average molecular weight is 457 g/mol. The van der Waals surface area contributed by atoms with Crippen LogP contribution < -0.4 is 4.74 Å². The van der Waals surface area contributed by atoms with E-state index in [1.54, 1.807) is 12.4 Å². The fraction of sp³-hybridized carbons (Fsp3) is 0.125. The Morgan fingerprint density at radius 1 is 0.939 bits per heavy atom. The largest absolute Gasteiger partial charge is 0.493 e. The zero-order valence-corrected chi connectivity index (χ0v) is 18.6. The molecule has 0 saturated heterocycles. The summed E-state index contributed by atoms with van der Waals surface area (Å²) in [7, 11) is 0. The third kappa shape index (κ3) is 4.49. The molecule has 0 amide bonds. The molecular weight excluding hydrogens is 436 g/mol. The lowest BCUT2D eigenvalue weighted by atomic mass is 10.2. The highest BCUT2D eigenvalue weighted by atomic mass is 32.2. The van der Waals surface area contributed by atoms with Gasteiger partial charge in [-0.25, -0.2) is 0 Å². The third-order valence-corrected chi connectivity index (χ3v) is 5.72. The first kappa shape index (κ1) is 20.9. The highest BCUT2D eigenvalue weighted by molar-refractivity contribution is 7.98. The van der Waals surface area contributed by atoms with Gasteiger partial charge in [0.15, 0.2) is 11.0 Å². The van der Waals surface area contributed by atoms with Crippen molar-refractivity contribution in [3.05, 3.63) is 85.0 Å². The number of benzene rings is 2. The maximum atomic E-state index is 5.69. The van der Waals surface area contributed by atoms with Crippen molar-refractivity contribution in [3.63, 3.8) is 0 Å². The van der Waals surface area contributed by atoms with Crippen LogP contribution in [0, 0.1) is 0 Å². The molecule has 0 aliphatic carbocycles. The van der Waals surface area contributed by atoms with Crippen LogP contribution in [0.15, 0.2) is 88.8 Å². The maximum absolute atomic E-state index is 5.69. The summed E-state index contributed by atoms with van der Waals surface area (Å²) >= 11 is 1.48. The Balaban J connectivity index is 1.42. The SMILES string of the molecule is CCOc1ccccc1-c1noc(CSc2nnc(-c3ccncc3)n2-c2ccccc2)n1. The number of hydrogen-bond acceptors (Lipinski definition) is 8. The summed E-state index contributed by atoms with van der Waals surface area (Å²) in [5.74, 6) is 2.91. The fourth-order valence-corrected chi connectivity index (χ4v) is 4.13. The Morgan fingerprint density at radius 2 is 1.73 bits per heavy atom. The van der Waals surface area contributed by atoms with Gasteiger partial charge < -0.3 is 9.26 Å². The molecule has 8 nitrogen and oxygen atoms in total.